The number of fused-ring (bicyclic) bond motifs is 1. The van der Waals surface area contributed by atoms with E-state index in [1.54, 1.807) is 0 Å². The van der Waals surface area contributed by atoms with Crippen molar-refractivity contribution < 1.29 is 0 Å². The van der Waals surface area contributed by atoms with Crippen molar-refractivity contribution >= 4 is 22.3 Å². The van der Waals surface area contributed by atoms with Crippen LogP contribution in [0.15, 0.2) is 30.5 Å². The van der Waals surface area contributed by atoms with Gasteiger partial charge in [-0.15, -0.1) is 0 Å². The van der Waals surface area contributed by atoms with E-state index in [4.69, 9.17) is 5.73 Å². The van der Waals surface area contributed by atoms with Crippen molar-refractivity contribution in [2.45, 2.75) is 0 Å². The van der Waals surface area contributed by atoms with E-state index in [9.17, 15) is 0 Å². The molecule has 0 radical (unpaired) electrons. The van der Waals surface area contributed by atoms with Crippen LogP contribution >= 0.6 is 0 Å². The number of rotatable bonds is 4. The van der Waals surface area contributed by atoms with Gasteiger partial charge in [-0.2, -0.15) is 0 Å². The zero-order valence-electron chi connectivity index (χ0n) is 11.2. The molecule has 1 aromatic carbocycles. The molecule has 1 heterocycles. The first-order valence-electron chi connectivity index (χ1n) is 6.08. The van der Waals surface area contributed by atoms with Crippen LogP contribution in [0, 0.1) is 0 Å². The number of aromatic nitrogens is 1. The van der Waals surface area contributed by atoms with E-state index in [0.29, 0.717) is 0 Å². The Morgan fingerprint density at radius 3 is 2.61 bits per heavy atom. The third-order valence-electron chi connectivity index (χ3n) is 3.07. The Labute approximate surface area is 108 Å². The second kappa shape index (κ2) is 5.23. The van der Waals surface area contributed by atoms with Gasteiger partial charge in [0, 0.05) is 37.4 Å². The van der Waals surface area contributed by atoms with E-state index in [2.05, 4.69) is 42.0 Å². The number of anilines is 2. The summed E-state index contributed by atoms with van der Waals surface area (Å²) in [6, 6.07) is 7.97. The van der Waals surface area contributed by atoms with Crippen molar-refractivity contribution in [2.75, 3.05) is 44.9 Å². The molecule has 0 aliphatic carbocycles. The number of hydrogen-bond acceptors (Lipinski definition) is 4. The predicted molar refractivity (Wildman–Crippen MR) is 78.0 cm³/mol. The van der Waals surface area contributed by atoms with Gasteiger partial charge in [0.2, 0.25) is 0 Å². The molecule has 4 nitrogen and oxygen atoms in total. The van der Waals surface area contributed by atoms with Gasteiger partial charge in [-0.1, -0.05) is 12.1 Å². The number of likely N-dealkylation sites (N-methyl/N-ethyl adjacent to an activating group) is 2. The normalized spacial score (nSPS) is 11.1. The first-order valence-corrected chi connectivity index (χ1v) is 6.08. The molecule has 18 heavy (non-hydrogen) atoms. The van der Waals surface area contributed by atoms with Crippen LogP contribution in [0.5, 0.6) is 0 Å². The van der Waals surface area contributed by atoms with Crippen LogP contribution in [0.25, 0.3) is 10.9 Å². The highest BCUT2D eigenvalue weighted by Crippen LogP contribution is 2.27. The number of hydrogen-bond donors (Lipinski definition) is 1. The van der Waals surface area contributed by atoms with Gasteiger partial charge in [0.1, 0.15) is 0 Å². The van der Waals surface area contributed by atoms with Crippen LogP contribution < -0.4 is 10.6 Å². The number of para-hydroxylation sites is 1. The molecule has 0 atom stereocenters. The molecule has 2 N–H and O–H groups in total. The second-order valence-electron chi connectivity index (χ2n) is 4.80. The highest BCUT2D eigenvalue weighted by Gasteiger charge is 2.08. The minimum Gasteiger partial charge on any atom is -0.397 e. The quantitative estimate of drug-likeness (QED) is 0.833. The van der Waals surface area contributed by atoms with E-state index < -0.39 is 0 Å². The zero-order valence-corrected chi connectivity index (χ0v) is 11.2. The maximum Gasteiger partial charge on any atom is 0.0951 e. The highest BCUT2D eigenvalue weighted by molar-refractivity contribution is 5.97. The maximum atomic E-state index is 5.96. The summed E-state index contributed by atoms with van der Waals surface area (Å²) in [5, 5.41) is 1.11. The summed E-state index contributed by atoms with van der Waals surface area (Å²) in [5.41, 5.74) is 8.75. The molecule has 0 fully saturated rings. The van der Waals surface area contributed by atoms with Crippen molar-refractivity contribution in [1.82, 2.24) is 9.88 Å². The number of pyridine rings is 1. The smallest absolute Gasteiger partial charge is 0.0951 e. The van der Waals surface area contributed by atoms with Gasteiger partial charge in [0.25, 0.3) is 0 Å². The van der Waals surface area contributed by atoms with Gasteiger partial charge in [-0.3, -0.25) is 4.98 Å². The van der Waals surface area contributed by atoms with Crippen molar-refractivity contribution in [1.29, 1.82) is 0 Å². The molecule has 0 saturated heterocycles. The standard InChI is InChI=1S/C14H20N4/c1-17(2)9-10-18(3)13-7-8-16-14-11(13)5-4-6-12(14)15/h4-8H,9-10,15H2,1-3H3. The van der Waals surface area contributed by atoms with Crippen molar-refractivity contribution in [3.8, 4) is 0 Å². The average molecular weight is 244 g/mol. The summed E-state index contributed by atoms with van der Waals surface area (Å²) in [5.74, 6) is 0. The first-order chi connectivity index (χ1) is 8.59. The molecule has 0 saturated carbocycles. The Morgan fingerprint density at radius 1 is 1.11 bits per heavy atom. The lowest BCUT2D eigenvalue weighted by atomic mass is 10.1. The summed E-state index contributed by atoms with van der Waals surface area (Å²) in [7, 11) is 6.26. The summed E-state index contributed by atoms with van der Waals surface area (Å²) in [6.45, 7) is 1.99. The van der Waals surface area contributed by atoms with Crippen LogP contribution in [0.4, 0.5) is 11.4 Å². The van der Waals surface area contributed by atoms with Gasteiger partial charge >= 0.3 is 0 Å². The Balaban J connectivity index is 2.36. The van der Waals surface area contributed by atoms with Gasteiger partial charge < -0.3 is 15.5 Å². The van der Waals surface area contributed by atoms with E-state index >= 15 is 0 Å². The monoisotopic (exact) mass is 244 g/mol. The number of nitrogens with zero attached hydrogens (tertiary/aromatic N) is 3. The highest BCUT2D eigenvalue weighted by atomic mass is 15.2. The lowest BCUT2D eigenvalue weighted by molar-refractivity contribution is 0.416. The first kappa shape index (κ1) is 12.6. The van der Waals surface area contributed by atoms with E-state index in [1.165, 1.54) is 5.69 Å². The minimum absolute atomic E-state index is 0.732. The molecule has 0 unspecified atom stereocenters. The summed E-state index contributed by atoms with van der Waals surface area (Å²) in [6.07, 6.45) is 1.82. The molecule has 2 aromatic rings. The molecule has 0 bridgehead atoms. The molecule has 0 spiro atoms. The molecular formula is C14H20N4. The molecule has 4 heteroatoms. The van der Waals surface area contributed by atoms with Gasteiger partial charge in [0.15, 0.2) is 0 Å². The third-order valence-corrected chi connectivity index (χ3v) is 3.07. The third kappa shape index (κ3) is 2.54. The van der Waals surface area contributed by atoms with Crippen molar-refractivity contribution in [2.24, 2.45) is 0 Å². The van der Waals surface area contributed by atoms with E-state index in [0.717, 1.165) is 29.7 Å². The van der Waals surface area contributed by atoms with Crippen molar-refractivity contribution in [3.63, 3.8) is 0 Å². The van der Waals surface area contributed by atoms with Crippen LogP contribution in [0.1, 0.15) is 0 Å². The Morgan fingerprint density at radius 2 is 1.89 bits per heavy atom. The van der Waals surface area contributed by atoms with Crippen LogP contribution in [0.2, 0.25) is 0 Å². The van der Waals surface area contributed by atoms with Crippen molar-refractivity contribution in [3.05, 3.63) is 30.5 Å². The largest absolute Gasteiger partial charge is 0.397 e. The second-order valence-corrected chi connectivity index (χ2v) is 4.80. The molecule has 96 valence electrons. The molecule has 1 aromatic heterocycles. The Kier molecular flexibility index (Phi) is 3.67. The van der Waals surface area contributed by atoms with E-state index in [-0.39, 0.29) is 0 Å². The number of benzene rings is 1. The molecule has 0 aliphatic heterocycles. The Hall–Kier alpha value is -1.81. The lowest BCUT2D eigenvalue weighted by Gasteiger charge is -2.23. The van der Waals surface area contributed by atoms with E-state index in [1.807, 2.05) is 24.4 Å². The summed E-state index contributed by atoms with van der Waals surface area (Å²) in [4.78, 5) is 8.77. The summed E-state index contributed by atoms with van der Waals surface area (Å²) >= 11 is 0. The molecule has 0 amide bonds. The average Bonchev–Trinajstić information content (AvgIpc) is 2.36. The predicted octanol–water partition coefficient (Wildman–Crippen LogP) is 1.81. The van der Waals surface area contributed by atoms with Gasteiger partial charge in [-0.25, -0.2) is 0 Å². The van der Waals surface area contributed by atoms with Crippen LogP contribution in [-0.2, 0) is 0 Å². The fraction of sp³-hybridized carbons (Fsp3) is 0.357. The SMILES string of the molecule is CN(C)CCN(C)c1ccnc2c(N)cccc12. The topological polar surface area (TPSA) is 45.4 Å². The molecule has 0 aliphatic rings. The summed E-state index contributed by atoms with van der Waals surface area (Å²) < 4.78 is 0. The Bertz CT molecular complexity index is 536. The zero-order chi connectivity index (χ0) is 13.1. The fourth-order valence-corrected chi connectivity index (χ4v) is 1.99. The molecule has 2 rings (SSSR count). The minimum atomic E-state index is 0.732. The maximum absolute atomic E-state index is 5.96. The molecular weight excluding hydrogens is 224 g/mol. The van der Waals surface area contributed by atoms with Crippen LogP contribution in [0.3, 0.4) is 0 Å². The van der Waals surface area contributed by atoms with Gasteiger partial charge in [-0.05, 0) is 26.2 Å². The lowest BCUT2D eigenvalue weighted by Crippen LogP contribution is -2.28. The number of nitrogens with two attached hydrogens (primary N) is 1. The van der Waals surface area contributed by atoms with Crippen LogP contribution in [-0.4, -0.2) is 44.1 Å². The fourth-order valence-electron chi connectivity index (χ4n) is 1.99. The van der Waals surface area contributed by atoms with Gasteiger partial charge in [0.05, 0.1) is 11.2 Å². The number of nitrogen functional groups attached to an aromatic ring is 1.